The molecule has 0 bridgehead atoms. The summed E-state index contributed by atoms with van der Waals surface area (Å²) >= 11 is 0. The maximum Gasteiger partial charge on any atom is 0.104 e. The zero-order valence-corrected chi connectivity index (χ0v) is 8.06. The number of hydrogen-bond acceptors (Lipinski definition) is 2. The number of rotatable bonds is 1. The van der Waals surface area contributed by atoms with Crippen molar-refractivity contribution in [2.24, 2.45) is 0 Å². The van der Waals surface area contributed by atoms with Crippen molar-refractivity contribution in [3.8, 4) is 0 Å². The second-order valence-corrected chi connectivity index (χ2v) is 3.38. The summed E-state index contributed by atoms with van der Waals surface area (Å²) in [5.74, 6) is 0. The highest BCUT2D eigenvalue weighted by Crippen LogP contribution is 2.15. The summed E-state index contributed by atoms with van der Waals surface area (Å²) in [5, 5.41) is 1.79. The highest BCUT2D eigenvalue weighted by atomic mass is 15.5. The van der Waals surface area contributed by atoms with Crippen LogP contribution in [0, 0.1) is 6.57 Å². The third-order valence-corrected chi connectivity index (χ3v) is 2.52. The molecule has 0 atom stereocenters. The molecule has 1 aliphatic heterocycles. The smallest absolute Gasteiger partial charge is 0.104 e. The first-order chi connectivity index (χ1) is 6.90. The molecule has 2 rings (SSSR count). The van der Waals surface area contributed by atoms with Crippen LogP contribution < -0.4 is 4.90 Å². The molecule has 0 amide bonds. The molecule has 0 saturated carbocycles. The molecule has 0 radical (unpaired) electrons. The van der Waals surface area contributed by atoms with Crippen LogP contribution in [-0.2, 0) is 0 Å². The Morgan fingerprint density at radius 1 is 1.00 bits per heavy atom. The summed E-state index contributed by atoms with van der Waals surface area (Å²) < 4.78 is 0. The van der Waals surface area contributed by atoms with Gasteiger partial charge in [0.25, 0.3) is 0 Å². The van der Waals surface area contributed by atoms with Crippen LogP contribution in [0.2, 0.25) is 0 Å². The van der Waals surface area contributed by atoms with Crippen LogP contribution in [0.1, 0.15) is 0 Å². The minimum Gasteiger partial charge on any atom is -0.367 e. The Labute approximate surface area is 84.3 Å². The summed E-state index contributed by atoms with van der Waals surface area (Å²) in [4.78, 5) is 5.75. The number of para-hydroxylation sites is 1. The number of anilines is 1. The summed E-state index contributed by atoms with van der Waals surface area (Å²) in [7, 11) is 0. The minimum atomic E-state index is 0.846. The van der Waals surface area contributed by atoms with Gasteiger partial charge in [0.05, 0.1) is 0 Å². The molecule has 1 aromatic rings. The van der Waals surface area contributed by atoms with E-state index in [-0.39, 0.29) is 0 Å². The molecule has 1 aliphatic rings. The molecular formula is C11H13N3. The largest absolute Gasteiger partial charge is 0.367 e. The number of benzene rings is 1. The number of piperazine rings is 1. The van der Waals surface area contributed by atoms with Crippen molar-refractivity contribution in [3.05, 3.63) is 41.9 Å². The first kappa shape index (κ1) is 8.89. The van der Waals surface area contributed by atoms with Gasteiger partial charge in [0.1, 0.15) is 13.1 Å². The van der Waals surface area contributed by atoms with E-state index in [1.54, 1.807) is 5.01 Å². The van der Waals surface area contributed by atoms with Gasteiger partial charge in [-0.05, 0) is 12.1 Å². The Kier molecular flexibility index (Phi) is 2.55. The quantitative estimate of drug-likeness (QED) is 0.619. The first-order valence-electron chi connectivity index (χ1n) is 4.82. The number of nitrogens with zero attached hydrogens (tertiary/aromatic N) is 3. The lowest BCUT2D eigenvalue weighted by atomic mass is 10.2. The highest BCUT2D eigenvalue weighted by Gasteiger charge is 2.18. The third kappa shape index (κ3) is 1.80. The van der Waals surface area contributed by atoms with Crippen LogP contribution in [0.4, 0.5) is 5.69 Å². The lowest BCUT2D eigenvalue weighted by Crippen LogP contribution is -2.43. The maximum absolute atomic E-state index is 6.90. The molecule has 0 unspecified atom stereocenters. The first-order valence-corrected chi connectivity index (χ1v) is 4.82. The summed E-state index contributed by atoms with van der Waals surface area (Å²) in [6, 6.07) is 10.4. The fourth-order valence-electron chi connectivity index (χ4n) is 1.69. The Balaban J connectivity index is 2.00. The molecular weight excluding hydrogens is 174 g/mol. The molecule has 1 heterocycles. The molecule has 0 spiro atoms. The van der Waals surface area contributed by atoms with Gasteiger partial charge in [-0.1, -0.05) is 18.2 Å². The van der Waals surface area contributed by atoms with E-state index in [9.17, 15) is 0 Å². The van der Waals surface area contributed by atoms with Crippen molar-refractivity contribution in [1.29, 1.82) is 0 Å². The minimum absolute atomic E-state index is 0.846. The molecule has 14 heavy (non-hydrogen) atoms. The second-order valence-electron chi connectivity index (χ2n) is 3.38. The van der Waals surface area contributed by atoms with E-state index in [2.05, 4.69) is 34.1 Å². The second kappa shape index (κ2) is 4.01. The average molecular weight is 187 g/mol. The van der Waals surface area contributed by atoms with Crippen LogP contribution >= 0.6 is 0 Å². The summed E-state index contributed by atoms with van der Waals surface area (Å²) in [6.45, 7) is 10.5. The maximum atomic E-state index is 6.90. The van der Waals surface area contributed by atoms with Crippen molar-refractivity contribution in [2.45, 2.75) is 0 Å². The van der Waals surface area contributed by atoms with Crippen molar-refractivity contribution < 1.29 is 0 Å². The van der Waals surface area contributed by atoms with Crippen LogP contribution in [0.3, 0.4) is 0 Å². The monoisotopic (exact) mass is 187 g/mol. The van der Waals surface area contributed by atoms with E-state index in [4.69, 9.17) is 6.57 Å². The fourth-order valence-corrected chi connectivity index (χ4v) is 1.69. The van der Waals surface area contributed by atoms with E-state index >= 15 is 0 Å². The molecule has 1 aromatic carbocycles. The predicted octanol–water partition coefficient (Wildman–Crippen LogP) is 1.64. The van der Waals surface area contributed by atoms with Gasteiger partial charge in [-0.15, -0.1) is 5.01 Å². The summed E-state index contributed by atoms with van der Waals surface area (Å²) in [5.41, 5.74) is 1.26. The zero-order chi connectivity index (χ0) is 9.80. The Hall–Kier alpha value is -1.69. The Morgan fingerprint density at radius 2 is 1.64 bits per heavy atom. The molecule has 0 aromatic heterocycles. The van der Waals surface area contributed by atoms with Gasteiger partial charge in [-0.3, -0.25) is 0 Å². The Bertz CT molecular complexity index is 320. The van der Waals surface area contributed by atoms with Crippen LogP contribution in [0.15, 0.2) is 30.3 Å². The van der Waals surface area contributed by atoms with Crippen LogP contribution in [0.25, 0.3) is 4.95 Å². The fraction of sp³-hybridized carbons (Fsp3) is 0.364. The van der Waals surface area contributed by atoms with Crippen LogP contribution in [-0.4, -0.2) is 31.2 Å². The van der Waals surface area contributed by atoms with E-state index in [0.717, 1.165) is 26.2 Å². The van der Waals surface area contributed by atoms with Gasteiger partial charge in [0, 0.05) is 18.8 Å². The Morgan fingerprint density at radius 3 is 2.21 bits per heavy atom. The van der Waals surface area contributed by atoms with Gasteiger partial charge in [-0.2, -0.15) is 11.5 Å². The molecule has 1 fully saturated rings. The van der Waals surface area contributed by atoms with E-state index in [1.807, 2.05) is 6.07 Å². The van der Waals surface area contributed by atoms with Crippen LogP contribution in [0.5, 0.6) is 0 Å². The van der Waals surface area contributed by atoms with Gasteiger partial charge in [0.15, 0.2) is 0 Å². The van der Waals surface area contributed by atoms with Crippen molar-refractivity contribution in [3.63, 3.8) is 0 Å². The molecule has 0 N–H and O–H groups in total. The molecule has 3 heteroatoms. The predicted molar refractivity (Wildman–Crippen MR) is 56.8 cm³/mol. The molecule has 1 saturated heterocycles. The third-order valence-electron chi connectivity index (χ3n) is 2.52. The van der Waals surface area contributed by atoms with Gasteiger partial charge < -0.3 is 4.90 Å². The average Bonchev–Trinajstić information content (AvgIpc) is 2.30. The van der Waals surface area contributed by atoms with E-state index in [0.29, 0.717) is 0 Å². The molecule has 72 valence electrons. The zero-order valence-electron chi connectivity index (χ0n) is 8.06. The van der Waals surface area contributed by atoms with Gasteiger partial charge >= 0.3 is 0 Å². The van der Waals surface area contributed by atoms with E-state index < -0.39 is 0 Å². The normalized spacial score (nSPS) is 16.5. The van der Waals surface area contributed by atoms with E-state index in [1.165, 1.54) is 5.69 Å². The lowest BCUT2D eigenvalue weighted by molar-refractivity contribution is 0.344. The SMILES string of the molecule is [C-]#[N+]N1CCN(c2ccccc2)CC1. The van der Waals surface area contributed by atoms with Crippen molar-refractivity contribution >= 4 is 5.69 Å². The van der Waals surface area contributed by atoms with Gasteiger partial charge in [-0.25, -0.2) is 0 Å². The highest BCUT2D eigenvalue weighted by molar-refractivity contribution is 5.46. The number of hydrogen-bond donors (Lipinski definition) is 0. The van der Waals surface area contributed by atoms with Gasteiger partial charge in [0.2, 0.25) is 0 Å². The standard InChI is InChI=1S/C11H13N3/c1-12-14-9-7-13(8-10-14)11-5-3-2-4-6-11/h2-6H,7-10H2. The lowest BCUT2D eigenvalue weighted by Gasteiger charge is -2.30. The van der Waals surface area contributed by atoms with Crippen molar-refractivity contribution in [2.75, 3.05) is 31.1 Å². The van der Waals surface area contributed by atoms with Crippen molar-refractivity contribution in [1.82, 2.24) is 5.01 Å². The topological polar surface area (TPSA) is 10.8 Å². The molecule has 0 aliphatic carbocycles. The molecule has 3 nitrogen and oxygen atoms in total. The summed E-state index contributed by atoms with van der Waals surface area (Å²) in [6.07, 6.45) is 0.